The smallest absolute Gasteiger partial charge is 0.399 e. The average molecular weight is 323 g/mol. The molecule has 1 saturated heterocycles. The first-order valence-corrected chi connectivity index (χ1v) is 8.49. The first-order valence-electron chi connectivity index (χ1n) is 8.49. The van der Waals surface area contributed by atoms with E-state index < -0.39 is 0 Å². The molecule has 0 aliphatic carbocycles. The minimum atomic E-state index is -0.311. The molecule has 0 N–H and O–H groups in total. The van der Waals surface area contributed by atoms with Crippen molar-refractivity contribution in [1.82, 2.24) is 0 Å². The molecule has 0 radical (unpaired) electrons. The molecule has 0 bridgehead atoms. The molecule has 1 aliphatic rings. The van der Waals surface area contributed by atoms with E-state index in [9.17, 15) is 0 Å². The predicted octanol–water partition coefficient (Wildman–Crippen LogP) is 3.62. The van der Waals surface area contributed by atoms with Crippen molar-refractivity contribution in [1.29, 1.82) is 0 Å². The Morgan fingerprint density at radius 1 is 0.875 bits per heavy atom. The number of rotatable bonds is 4. The zero-order valence-electron chi connectivity index (χ0n) is 15.2. The Morgan fingerprint density at radius 2 is 1.50 bits per heavy atom. The van der Waals surface area contributed by atoms with Crippen molar-refractivity contribution in [3.05, 3.63) is 60.2 Å². The van der Waals surface area contributed by atoms with Crippen molar-refractivity contribution in [2.45, 2.75) is 45.4 Å². The van der Waals surface area contributed by atoms with E-state index in [1.54, 1.807) is 0 Å². The topological polar surface area (TPSA) is 21.7 Å². The van der Waals surface area contributed by atoms with Crippen LogP contribution in [0, 0.1) is 0 Å². The molecule has 4 heteroatoms. The molecule has 2 aromatic rings. The summed E-state index contributed by atoms with van der Waals surface area (Å²) in [5, 5.41) is 0. The van der Waals surface area contributed by atoms with Gasteiger partial charge in [-0.25, -0.2) is 0 Å². The van der Waals surface area contributed by atoms with Gasteiger partial charge in [-0.2, -0.15) is 0 Å². The first kappa shape index (κ1) is 17.1. The fourth-order valence-electron chi connectivity index (χ4n) is 2.86. The highest BCUT2D eigenvalue weighted by Crippen LogP contribution is 2.36. The standard InChI is InChI=1S/C20H26BNO2/c1-19(2)20(3,4)24-21(23-19)17-11-9-10-16(14-17)15-22(5)18-12-7-6-8-13-18/h6-14H,15H2,1-5H3. The summed E-state index contributed by atoms with van der Waals surface area (Å²) in [5.74, 6) is 0. The maximum atomic E-state index is 6.16. The van der Waals surface area contributed by atoms with Crippen molar-refractivity contribution >= 4 is 18.3 Å². The summed E-state index contributed by atoms with van der Waals surface area (Å²) in [4.78, 5) is 2.24. The summed E-state index contributed by atoms with van der Waals surface area (Å²) in [5.41, 5.74) is 2.91. The number of anilines is 1. The predicted molar refractivity (Wildman–Crippen MR) is 101 cm³/mol. The zero-order chi connectivity index (χ0) is 17.4. The van der Waals surface area contributed by atoms with Gasteiger partial charge in [0, 0.05) is 19.3 Å². The van der Waals surface area contributed by atoms with Crippen LogP contribution in [-0.2, 0) is 15.9 Å². The van der Waals surface area contributed by atoms with Crippen LogP contribution in [0.25, 0.3) is 0 Å². The van der Waals surface area contributed by atoms with E-state index in [1.165, 1.54) is 11.3 Å². The van der Waals surface area contributed by atoms with Gasteiger partial charge in [0.15, 0.2) is 0 Å². The lowest BCUT2D eigenvalue weighted by Crippen LogP contribution is -2.41. The number of para-hydroxylation sites is 1. The zero-order valence-corrected chi connectivity index (χ0v) is 15.2. The molecule has 1 aliphatic heterocycles. The second kappa shape index (κ2) is 6.27. The van der Waals surface area contributed by atoms with E-state index in [0.717, 1.165) is 12.0 Å². The fraction of sp³-hybridized carbons (Fsp3) is 0.400. The van der Waals surface area contributed by atoms with E-state index in [4.69, 9.17) is 9.31 Å². The van der Waals surface area contributed by atoms with E-state index in [-0.39, 0.29) is 18.3 Å². The van der Waals surface area contributed by atoms with Gasteiger partial charge in [0.05, 0.1) is 11.2 Å². The first-order chi connectivity index (χ1) is 11.3. The Balaban J connectivity index is 1.76. The molecule has 2 aromatic carbocycles. The third-order valence-electron chi connectivity index (χ3n) is 5.09. The largest absolute Gasteiger partial charge is 0.494 e. The Hall–Kier alpha value is -1.78. The van der Waals surface area contributed by atoms with Crippen LogP contribution in [0.4, 0.5) is 5.69 Å². The minimum Gasteiger partial charge on any atom is -0.399 e. The van der Waals surface area contributed by atoms with Crippen LogP contribution in [0.1, 0.15) is 33.3 Å². The van der Waals surface area contributed by atoms with Crippen molar-refractivity contribution < 1.29 is 9.31 Å². The van der Waals surface area contributed by atoms with Gasteiger partial charge in [-0.05, 0) is 50.9 Å². The summed E-state index contributed by atoms with van der Waals surface area (Å²) in [6.07, 6.45) is 0. The van der Waals surface area contributed by atoms with Gasteiger partial charge in [0.2, 0.25) is 0 Å². The van der Waals surface area contributed by atoms with Crippen molar-refractivity contribution in [2.75, 3.05) is 11.9 Å². The molecule has 24 heavy (non-hydrogen) atoms. The van der Waals surface area contributed by atoms with Crippen LogP contribution in [0.5, 0.6) is 0 Å². The van der Waals surface area contributed by atoms with Crippen LogP contribution in [-0.4, -0.2) is 25.4 Å². The maximum absolute atomic E-state index is 6.16. The molecule has 126 valence electrons. The van der Waals surface area contributed by atoms with Crippen LogP contribution < -0.4 is 10.4 Å². The molecule has 0 saturated carbocycles. The normalized spacial score (nSPS) is 18.6. The maximum Gasteiger partial charge on any atom is 0.494 e. The number of nitrogens with zero attached hydrogens (tertiary/aromatic N) is 1. The molecular weight excluding hydrogens is 297 g/mol. The molecule has 3 rings (SSSR count). The molecule has 0 atom stereocenters. The molecule has 0 spiro atoms. The fourth-order valence-corrected chi connectivity index (χ4v) is 2.86. The van der Waals surface area contributed by atoms with Gasteiger partial charge >= 0.3 is 7.12 Å². The Bertz CT molecular complexity index is 684. The molecule has 1 fully saturated rings. The third kappa shape index (κ3) is 3.35. The summed E-state index contributed by atoms with van der Waals surface area (Å²) < 4.78 is 12.3. The van der Waals surface area contributed by atoms with Gasteiger partial charge in [-0.1, -0.05) is 42.5 Å². The van der Waals surface area contributed by atoms with Gasteiger partial charge < -0.3 is 14.2 Å². The van der Waals surface area contributed by atoms with Gasteiger partial charge in [0.25, 0.3) is 0 Å². The number of benzene rings is 2. The lowest BCUT2D eigenvalue weighted by molar-refractivity contribution is 0.00578. The summed E-state index contributed by atoms with van der Waals surface area (Å²) >= 11 is 0. The van der Waals surface area contributed by atoms with Crippen molar-refractivity contribution in [2.24, 2.45) is 0 Å². The van der Waals surface area contributed by atoms with Crippen LogP contribution >= 0.6 is 0 Å². The molecule has 3 nitrogen and oxygen atoms in total. The van der Waals surface area contributed by atoms with Crippen LogP contribution in [0.3, 0.4) is 0 Å². The quantitative estimate of drug-likeness (QED) is 0.802. The lowest BCUT2D eigenvalue weighted by atomic mass is 9.78. The van der Waals surface area contributed by atoms with Gasteiger partial charge in [0.1, 0.15) is 0 Å². The second-order valence-corrected chi connectivity index (χ2v) is 7.52. The minimum absolute atomic E-state index is 0.308. The summed E-state index contributed by atoms with van der Waals surface area (Å²) in [6, 6.07) is 18.9. The van der Waals surface area contributed by atoms with Crippen LogP contribution in [0.2, 0.25) is 0 Å². The van der Waals surface area contributed by atoms with E-state index in [2.05, 4.69) is 88.2 Å². The summed E-state index contributed by atoms with van der Waals surface area (Å²) in [7, 11) is 1.80. The highest BCUT2D eigenvalue weighted by molar-refractivity contribution is 6.62. The summed E-state index contributed by atoms with van der Waals surface area (Å²) in [6.45, 7) is 9.18. The van der Waals surface area contributed by atoms with Gasteiger partial charge in [-0.15, -0.1) is 0 Å². The van der Waals surface area contributed by atoms with Gasteiger partial charge in [-0.3, -0.25) is 0 Å². The Morgan fingerprint density at radius 3 is 2.12 bits per heavy atom. The van der Waals surface area contributed by atoms with E-state index >= 15 is 0 Å². The third-order valence-corrected chi connectivity index (χ3v) is 5.09. The highest BCUT2D eigenvalue weighted by Gasteiger charge is 2.51. The highest BCUT2D eigenvalue weighted by atomic mass is 16.7. The average Bonchev–Trinajstić information content (AvgIpc) is 2.76. The SMILES string of the molecule is CN(Cc1cccc(B2OC(C)(C)C(C)(C)O2)c1)c1ccccc1. The number of hydrogen-bond acceptors (Lipinski definition) is 3. The Labute approximate surface area is 145 Å². The molecule has 1 heterocycles. The van der Waals surface area contributed by atoms with E-state index in [0.29, 0.717) is 0 Å². The van der Waals surface area contributed by atoms with Crippen molar-refractivity contribution in [3.63, 3.8) is 0 Å². The second-order valence-electron chi connectivity index (χ2n) is 7.52. The van der Waals surface area contributed by atoms with Crippen molar-refractivity contribution in [3.8, 4) is 0 Å². The molecule has 0 unspecified atom stereocenters. The molecular formula is C20H26BNO2. The number of hydrogen-bond donors (Lipinski definition) is 0. The van der Waals surface area contributed by atoms with E-state index in [1.807, 2.05) is 6.07 Å². The Kier molecular flexibility index (Phi) is 4.45. The molecule has 0 aromatic heterocycles. The monoisotopic (exact) mass is 323 g/mol. The lowest BCUT2D eigenvalue weighted by Gasteiger charge is -2.32. The van der Waals surface area contributed by atoms with Crippen LogP contribution in [0.15, 0.2) is 54.6 Å². The molecule has 0 amide bonds.